The number of likely N-dealkylation sites (N-methyl/N-ethyl adjacent to an activating group) is 1. The number of amides is 1. The van der Waals surface area contributed by atoms with Crippen molar-refractivity contribution in [2.45, 2.75) is 6.92 Å². The summed E-state index contributed by atoms with van der Waals surface area (Å²) in [6.45, 7) is 6.10. The van der Waals surface area contributed by atoms with E-state index in [1.165, 1.54) is 11.3 Å². The van der Waals surface area contributed by atoms with Gasteiger partial charge in [-0.1, -0.05) is 11.3 Å². The number of carbonyl (C=O) groups is 1. The Balaban J connectivity index is 1.48. The van der Waals surface area contributed by atoms with E-state index in [-0.39, 0.29) is 5.91 Å². The Hall–Kier alpha value is -2.49. The lowest BCUT2D eigenvalue weighted by Gasteiger charge is -2.31. The van der Waals surface area contributed by atoms with Gasteiger partial charge in [-0.25, -0.2) is 4.98 Å². The van der Waals surface area contributed by atoms with Crippen LogP contribution in [0.1, 0.15) is 5.01 Å². The third-order valence-corrected chi connectivity index (χ3v) is 5.46. The molecule has 0 radical (unpaired) electrons. The van der Waals surface area contributed by atoms with E-state index in [4.69, 9.17) is 0 Å². The fourth-order valence-electron chi connectivity index (χ4n) is 3.02. The van der Waals surface area contributed by atoms with Crippen molar-refractivity contribution in [3.05, 3.63) is 29.5 Å². The zero-order chi connectivity index (χ0) is 18.8. The maximum absolute atomic E-state index is 12.4. The van der Waals surface area contributed by atoms with Gasteiger partial charge in [0.1, 0.15) is 15.8 Å². The van der Waals surface area contributed by atoms with Gasteiger partial charge in [-0.2, -0.15) is 0 Å². The number of hydrogen-bond acceptors (Lipinski definition) is 8. The Morgan fingerprint density at radius 2 is 1.96 bits per heavy atom. The number of anilines is 1. The fourth-order valence-corrected chi connectivity index (χ4v) is 3.69. The van der Waals surface area contributed by atoms with Crippen molar-refractivity contribution in [1.29, 1.82) is 0 Å². The van der Waals surface area contributed by atoms with Crippen LogP contribution in [0.5, 0.6) is 0 Å². The highest BCUT2D eigenvalue weighted by molar-refractivity contribution is 7.14. The summed E-state index contributed by atoms with van der Waals surface area (Å²) >= 11 is 1.53. The van der Waals surface area contributed by atoms with Crippen LogP contribution in [0.15, 0.2) is 24.5 Å². The van der Waals surface area contributed by atoms with Crippen LogP contribution in [0.25, 0.3) is 21.5 Å². The van der Waals surface area contributed by atoms with Crippen molar-refractivity contribution < 1.29 is 4.79 Å². The summed E-state index contributed by atoms with van der Waals surface area (Å²) < 4.78 is 0. The Morgan fingerprint density at radius 3 is 2.70 bits per heavy atom. The second-order valence-corrected chi connectivity index (χ2v) is 7.92. The molecule has 0 spiro atoms. The minimum absolute atomic E-state index is 0.0461. The van der Waals surface area contributed by atoms with Crippen LogP contribution in [0.3, 0.4) is 0 Å². The molecule has 1 amide bonds. The summed E-state index contributed by atoms with van der Waals surface area (Å²) in [6.07, 6.45) is 3.45. The standard InChI is InChI=1S/C18H21N7OS/c1-12-22-23-18(27-12)14-7-13-8-16(20-10-15(13)19-9-14)21-17(26)11-25-5-3-24(2)4-6-25/h7-10H,3-6,11H2,1-2H3,(H,20,21,26). The first-order chi connectivity index (χ1) is 13.1. The maximum atomic E-state index is 12.4. The van der Waals surface area contributed by atoms with Crippen LogP contribution in [-0.4, -0.2) is 75.6 Å². The van der Waals surface area contributed by atoms with Gasteiger partial charge in [0.25, 0.3) is 0 Å². The summed E-state index contributed by atoms with van der Waals surface area (Å²) in [6, 6.07) is 3.85. The molecule has 0 unspecified atom stereocenters. The number of aryl methyl sites for hydroxylation is 1. The van der Waals surface area contributed by atoms with Crippen LogP contribution in [-0.2, 0) is 4.79 Å². The fraction of sp³-hybridized carbons (Fsp3) is 0.389. The predicted molar refractivity (Wildman–Crippen MR) is 106 cm³/mol. The number of piperazine rings is 1. The largest absolute Gasteiger partial charge is 0.310 e. The molecule has 1 aliphatic rings. The van der Waals surface area contributed by atoms with Crippen molar-refractivity contribution in [3.63, 3.8) is 0 Å². The molecule has 4 heterocycles. The third kappa shape index (κ3) is 4.26. The zero-order valence-electron chi connectivity index (χ0n) is 15.3. The normalized spacial score (nSPS) is 15.9. The lowest BCUT2D eigenvalue weighted by Crippen LogP contribution is -2.47. The lowest BCUT2D eigenvalue weighted by molar-refractivity contribution is -0.117. The van der Waals surface area contributed by atoms with E-state index in [1.54, 1.807) is 12.4 Å². The van der Waals surface area contributed by atoms with Gasteiger partial charge in [-0.3, -0.25) is 14.7 Å². The molecule has 140 valence electrons. The number of hydrogen-bond donors (Lipinski definition) is 1. The molecule has 27 heavy (non-hydrogen) atoms. The van der Waals surface area contributed by atoms with E-state index in [1.807, 2.05) is 19.1 Å². The zero-order valence-corrected chi connectivity index (χ0v) is 16.2. The molecule has 1 aliphatic heterocycles. The average molecular weight is 383 g/mol. The average Bonchev–Trinajstić information content (AvgIpc) is 3.09. The van der Waals surface area contributed by atoms with Gasteiger partial charge in [0, 0.05) is 43.3 Å². The van der Waals surface area contributed by atoms with Crippen molar-refractivity contribution in [1.82, 2.24) is 30.0 Å². The molecular formula is C18H21N7OS. The van der Waals surface area contributed by atoms with E-state index in [2.05, 4.69) is 42.3 Å². The molecule has 0 atom stereocenters. The molecule has 3 aromatic rings. The molecule has 8 nitrogen and oxygen atoms in total. The molecule has 4 rings (SSSR count). The van der Waals surface area contributed by atoms with Crippen LogP contribution < -0.4 is 5.32 Å². The SMILES string of the molecule is Cc1nnc(-c2cnc3cnc(NC(=O)CN4CCN(C)CC4)cc3c2)s1. The molecule has 1 saturated heterocycles. The highest BCUT2D eigenvalue weighted by Crippen LogP contribution is 2.26. The number of nitrogens with zero attached hydrogens (tertiary/aromatic N) is 6. The number of nitrogens with one attached hydrogen (secondary N) is 1. The first-order valence-electron chi connectivity index (χ1n) is 8.84. The second kappa shape index (κ2) is 7.63. The second-order valence-electron chi connectivity index (χ2n) is 6.74. The number of fused-ring (bicyclic) bond motifs is 1. The number of pyridine rings is 2. The first kappa shape index (κ1) is 17.9. The highest BCUT2D eigenvalue weighted by Gasteiger charge is 2.17. The van der Waals surface area contributed by atoms with Crippen molar-refractivity contribution >= 4 is 34.0 Å². The Labute approximate surface area is 161 Å². The van der Waals surface area contributed by atoms with E-state index >= 15 is 0 Å². The summed E-state index contributed by atoms with van der Waals surface area (Å²) in [5.41, 5.74) is 1.69. The summed E-state index contributed by atoms with van der Waals surface area (Å²) in [7, 11) is 2.10. The lowest BCUT2D eigenvalue weighted by atomic mass is 10.2. The van der Waals surface area contributed by atoms with Crippen LogP contribution in [0, 0.1) is 6.92 Å². The predicted octanol–water partition coefficient (Wildman–Crippen LogP) is 1.64. The van der Waals surface area contributed by atoms with Crippen LogP contribution in [0.4, 0.5) is 5.82 Å². The van der Waals surface area contributed by atoms with E-state index < -0.39 is 0 Å². The van der Waals surface area contributed by atoms with Gasteiger partial charge in [0.2, 0.25) is 5.91 Å². The highest BCUT2D eigenvalue weighted by atomic mass is 32.1. The van der Waals surface area contributed by atoms with Gasteiger partial charge in [0.15, 0.2) is 0 Å². The van der Waals surface area contributed by atoms with Gasteiger partial charge in [-0.15, -0.1) is 10.2 Å². The summed E-state index contributed by atoms with van der Waals surface area (Å²) in [5, 5.41) is 13.8. The molecule has 3 aromatic heterocycles. The molecule has 1 N–H and O–H groups in total. The molecule has 0 aromatic carbocycles. The minimum atomic E-state index is -0.0461. The number of carbonyl (C=O) groups excluding carboxylic acids is 1. The molecule has 0 aliphatic carbocycles. The van der Waals surface area contributed by atoms with Crippen LogP contribution in [0.2, 0.25) is 0 Å². The number of rotatable bonds is 4. The van der Waals surface area contributed by atoms with E-state index in [9.17, 15) is 4.79 Å². The summed E-state index contributed by atoms with van der Waals surface area (Å²) in [5.74, 6) is 0.490. The van der Waals surface area contributed by atoms with Gasteiger partial charge >= 0.3 is 0 Å². The van der Waals surface area contributed by atoms with Crippen molar-refractivity contribution in [2.24, 2.45) is 0 Å². The van der Waals surface area contributed by atoms with Crippen molar-refractivity contribution in [2.75, 3.05) is 45.1 Å². The Bertz CT molecular complexity index is 965. The van der Waals surface area contributed by atoms with E-state index in [0.29, 0.717) is 12.4 Å². The third-order valence-electron chi connectivity index (χ3n) is 4.57. The molecular weight excluding hydrogens is 362 g/mol. The van der Waals surface area contributed by atoms with Gasteiger partial charge in [0.05, 0.1) is 18.3 Å². The Kier molecular flexibility index (Phi) is 5.06. The monoisotopic (exact) mass is 383 g/mol. The summed E-state index contributed by atoms with van der Waals surface area (Å²) in [4.78, 5) is 25.5. The van der Waals surface area contributed by atoms with Crippen molar-refractivity contribution in [3.8, 4) is 10.6 Å². The van der Waals surface area contributed by atoms with Gasteiger partial charge < -0.3 is 10.2 Å². The van der Waals surface area contributed by atoms with Crippen LogP contribution >= 0.6 is 11.3 Å². The van der Waals surface area contributed by atoms with E-state index in [0.717, 1.165) is 52.7 Å². The maximum Gasteiger partial charge on any atom is 0.239 e. The Morgan fingerprint density at radius 1 is 1.15 bits per heavy atom. The first-order valence-corrected chi connectivity index (χ1v) is 9.65. The topological polar surface area (TPSA) is 87.1 Å². The van der Waals surface area contributed by atoms with Gasteiger partial charge in [-0.05, 0) is 26.1 Å². The minimum Gasteiger partial charge on any atom is -0.310 e. The molecule has 1 fully saturated rings. The molecule has 0 saturated carbocycles. The quantitative estimate of drug-likeness (QED) is 0.733. The molecule has 9 heteroatoms. The molecule has 0 bridgehead atoms. The smallest absolute Gasteiger partial charge is 0.239 e. The number of aromatic nitrogens is 4.